The van der Waals surface area contributed by atoms with Crippen molar-refractivity contribution >= 4 is 38.9 Å². The molecule has 0 aromatic carbocycles. The summed E-state index contributed by atoms with van der Waals surface area (Å²) < 4.78 is 27.3. The maximum Gasteiger partial charge on any atom is 0.252 e. The fourth-order valence-electron chi connectivity index (χ4n) is 3.51. The van der Waals surface area contributed by atoms with Gasteiger partial charge in [0.25, 0.3) is 10.0 Å². The van der Waals surface area contributed by atoms with Gasteiger partial charge in [0.05, 0.1) is 4.34 Å². The molecule has 1 amide bonds. The number of piperazine rings is 1. The van der Waals surface area contributed by atoms with Crippen LogP contribution in [0, 0.1) is 5.92 Å². The van der Waals surface area contributed by atoms with E-state index in [-0.39, 0.29) is 10.1 Å². The first-order chi connectivity index (χ1) is 11.5. The van der Waals surface area contributed by atoms with Crippen molar-refractivity contribution < 1.29 is 13.2 Å². The molecule has 1 saturated heterocycles. The third-order valence-corrected chi connectivity index (χ3v) is 8.52. The summed E-state index contributed by atoms with van der Waals surface area (Å²) >= 11 is 6.92. The number of carbonyl (C=O) groups is 1. The molecule has 2 aliphatic rings. The van der Waals surface area contributed by atoms with Crippen LogP contribution in [-0.4, -0.2) is 49.7 Å². The van der Waals surface area contributed by atoms with E-state index in [1.54, 1.807) is 12.1 Å². The highest BCUT2D eigenvalue weighted by Gasteiger charge is 2.31. The topological polar surface area (TPSA) is 57.7 Å². The van der Waals surface area contributed by atoms with Gasteiger partial charge in [0, 0.05) is 32.6 Å². The molecule has 3 rings (SSSR count). The zero-order chi connectivity index (χ0) is 17.2. The Morgan fingerprint density at radius 1 is 1.12 bits per heavy atom. The quantitative estimate of drug-likeness (QED) is 0.793. The van der Waals surface area contributed by atoms with Crippen LogP contribution >= 0.6 is 22.9 Å². The number of sulfonamides is 1. The van der Waals surface area contributed by atoms with E-state index in [0.29, 0.717) is 42.9 Å². The lowest BCUT2D eigenvalue weighted by Crippen LogP contribution is -2.50. The third-order valence-electron chi connectivity index (χ3n) is 4.92. The Morgan fingerprint density at radius 3 is 2.38 bits per heavy atom. The van der Waals surface area contributed by atoms with Crippen LogP contribution in [0.25, 0.3) is 0 Å². The summed E-state index contributed by atoms with van der Waals surface area (Å²) in [5, 5.41) is 0. The zero-order valence-electron chi connectivity index (χ0n) is 13.6. The maximum absolute atomic E-state index is 12.6. The number of thiophene rings is 1. The lowest BCUT2D eigenvalue weighted by Gasteiger charge is -2.34. The molecule has 1 saturated carbocycles. The molecule has 2 fully saturated rings. The van der Waals surface area contributed by atoms with E-state index >= 15 is 0 Å². The first-order valence-corrected chi connectivity index (χ1v) is 11.1. The standard InChI is InChI=1S/C16H23ClN2O3S2/c17-14-6-7-16(23-14)24(21,22)19-10-8-18(9-11-19)15(20)12-13-4-2-1-3-5-13/h6-7,13H,1-5,8-12H2. The number of rotatable bonds is 4. The number of hydrogen-bond donors (Lipinski definition) is 0. The van der Waals surface area contributed by atoms with Crippen LogP contribution in [0.2, 0.25) is 4.34 Å². The fourth-order valence-corrected chi connectivity index (χ4v) is 6.57. The van der Waals surface area contributed by atoms with Crippen LogP contribution in [0.5, 0.6) is 0 Å². The largest absolute Gasteiger partial charge is 0.340 e. The van der Waals surface area contributed by atoms with Gasteiger partial charge < -0.3 is 4.90 Å². The van der Waals surface area contributed by atoms with Crippen molar-refractivity contribution in [3.8, 4) is 0 Å². The van der Waals surface area contributed by atoms with Crippen LogP contribution in [0.1, 0.15) is 38.5 Å². The van der Waals surface area contributed by atoms with E-state index < -0.39 is 10.0 Å². The van der Waals surface area contributed by atoms with Gasteiger partial charge in [-0.25, -0.2) is 8.42 Å². The average molecular weight is 391 g/mol. The molecule has 1 aliphatic carbocycles. The van der Waals surface area contributed by atoms with Crippen molar-refractivity contribution in [2.24, 2.45) is 5.92 Å². The zero-order valence-corrected chi connectivity index (χ0v) is 16.0. The van der Waals surface area contributed by atoms with Gasteiger partial charge in [0.15, 0.2) is 0 Å². The molecule has 0 unspecified atom stereocenters. The molecule has 24 heavy (non-hydrogen) atoms. The van der Waals surface area contributed by atoms with E-state index in [9.17, 15) is 13.2 Å². The van der Waals surface area contributed by atoms with Crippen LogP contribution < -0.4 is 0 Å². The molecule has 134 valence electrons. The molecule has 0 atom stereocenters. The summed E-state index contributed by atoms with van der Waals surface area (Å²) in [7, 11) is -3.49. The van der Waals surface area contributed by atoms with E-state index in [0.717, 1.165) is 24.2 Å². The van der Waals surface area contributed by atoms with Crippen molar-refractivity contribution in [1.29, 1.82) is 0 Å². The van der Waals surface area contributed by atoms with Crippen molar-refractivity contribution in [3.05, 3.63) is 16.5 Å². The minimum absolute atomic E-state index is 0.179. The van der Waals surface area contributed by atoms with Crippen LogP contribution in [0.4, 0.5) is 0 Å². The summed E-state index contributed by atoms with van der Waals surface area (Å²) in [6.07, 6.45) is 6.67. The van der Waals surface area contributed by atoms with Gasteiger partial charge in [-0.15, -0.1) is 11.3 Å². The second-order valence-corrected chi connectivity index (χ2v) is 10.4. The Balaban J connectivity index is 1.54. The van der Waals surface area contributed by atoms with Crippen molar-refractivity contribution in [2.75, 3.05) is 26.2 Å². The first-order valence-electron chi connectivity index (χ1n) is 8.50. The molecule has 2 heterocycles. The number of nitrogens with zero attached hydrogens (tertiary/aromatic N) is 2. The Hall–Kier alpha value is -0.630. The molecule has 0 spiro atoms. The maximum atomic E-state index is 12.6. The smallest absolute Gasteiger partial charge is 0.252 e. The average Bonchev–Trinajstić information content (AvgIpc) is 3.03. The minimum Gasteiger partial charge on any atom is -0.340 e. The molecule has 0 N–H and O–H groups in total. The lowest BCUT2D eigenvalue weighted by atomic mass is 9.86. The monoisotopic (exact) mass is 390 g/mol. The van der Waals surface area contributed by atoms with Gasteiger partial charge in [-0.1, -0.05) is 30.9 Å². The van der Waals surface area contributed by atoms with Gasteiger partial charge in [-0.3, -0.25) is 4.79 Å². The Bertz CT molecular complexity index is 675. The van der Waals surface area contributed by atoms with E-state index in [1.807, 2.05) is 4.90 Å². The van der Waals surface area contributed by atoms with Crippen molar-refractivity contribution in [3.63, 3.8) is 0 Å². The predicted molar refractivity (Wildman–Crippen MR) is 95.9 cm³/mol. The van der Waals surface area contributed by atoms with Crippen LogP contribution in [0.3, 0.4) is 0 Å². The van der Waals surface area contributed by atoms with Gasteiger partial charge in [0.2, 0.25) is 5.91 Å². The fraction of sp³-hybridized carbons (Fsp3) is 0.688. The second kappa shape index (κ2) is 7.72. The van der Waals surface area contributed by atoms with E-state index in [1.165, 1.54) is 23.6 Å². The molecular formula is C16H23ClN2O3S2. The normalized spacial score (nSPS) is 21.1. The minimum atomic E-state index is -3.49. The summed E-state index contributed by atoms with van der Waals surface area (Å²) in [5.74, 6) is 0.694. The van der Waals surface area contributed by atoms with Gasteiger partial charge >= 0.3 is 0 Å². The summed E-state index contributed by atoms with van der Waals surface area (Å²) in [5.41, 5.74) is 0. The van der Waals surface area contributed by atoms with Gasteiger partial charge in [0.1, 0.15) is 4.21 Å². The molecule has 8 heteroatoms. The molecule has 1 aliphatic heterocycles. The lowest BCUT2D eigenvalue weighted by molar-refractivity contribution is -0.133. The summed E-state index contributed by atoms with van der Waals surface area (Å²) in [6, 6.07) is 3.14. The van der Waals surface area contributed by atoms with E-state index in [4.69, 9.17) is 11.6 Å². The predicted octanol–water partition coefficient (Wildman–Crippen LogP) is 3.20. The summed E-state index contributed by atoms with van der Waals surface area (Å²) in [6.45, 7) is 1.66. The Morgan fingerprint density at radius 2 is 1.79 bits per heavy atom. The number of amides is 1. The van der Waals surface area contributed by atoms with Gasteiger partial charge in [-0.05, 0) is 30.9 Å². The molecular weight excluding hydrogens is 368 g/mol. The van der Waals surface area contributed by atoms with Gasteiger partial charge in [-0.2, -0.15) is 4.31 Å². The number of carbonyl (C=O) groups excluding carboxylic acids is 1. The highest BCUT2D eigenvalue weighted by Crippen LogP contribution is 2.29. The van der Waals surface area contributed by atoms with Crippen LogP contribution in [0.15, 0.2) is 16.3 Å². The highest BCUT2D eigenvalue weighted by atomic mass is 35.5. The first kappa shape index (κ1) is 18.2. The molecule has 0 radical (unpaired) electrons. The van der Waals surface area contributed by atoms with Crippen LogP contribution in [-0.2, 0) is 14.8 Å². The molecule has 0 bridgehead atoms. The third kappa shape index (κ3) is 4.12. The Kier molecular flexibility index (Phi) is 5.85. The number of halogens is 1. The molecule has 5 nitrogen and oxygen atoms in total. The second-order valence-electron chi connectivity index (χ2n) is 6.55. The number of hydrogen-bond acceptors (Lipinski definition) is 4. The van der Waals surface area contributed by atoms with Crippen molar-refractivity contribution in [1.82, 2.24) is 9.21 Å². The van der Waals surface area contributed by atoms with E-state index in [2.05, 4.69) is 0 Å². The molecule has 1 aromatic rings. The van der Waals surface area contributed by atoms with Crippen molar-refractivity contribution in [2.45, 2.75) is 42.7 Å². The highest BCUT2D eigenvalue weighted by molar-refractivity contribution is 7.91. The summed E-state index contributed by atoms with van der Waals surface area (Å²) in [4.78, 5) is 14.3. The SMILES string of the molecule is O=C(CC1CCCCC1)N1CCN(S(=O)(=O)c2ccc(Cl)s2)CC1. The Labute approximate surface area is 152 Å². The molecule has 1 aromatic heterocycles.